The number of hydrogen-bond acceptors (Lipinski definition) is 5. The van der Waals surface area contributed by atoms with E-state index >= 15 is 0 Å². The first-order valence-electron chi connectivity index (χ1n) is 6.45. The molecule has 2 aromatic heterocycles. The van der Waals surface area contributed by atoms with Crippen molar-refractivity contribution in [3.63, 3.8) is 0 Å². The third kappa shape index (κ3) is 4.12. The fraction of sp³-hybridized carbons (Fsp3) is 0.538. The standard InChI is InChI=1S/C13H20N4OS/c1-10-6-13(19-11(10)2)8-14-7-12-9-17(16-15-12)4-3-5-18/h6,9,14,18H,3-5,7-8H2,1-2H3. The average molecular weight is 280 g/mol. The summed E-state index contributed by atoms with van der Waals surface area (Å²) in [6.45, 7) is 6.77. The van der Waals surface area contributed by atoms with Crippen LogP contribution in [-0.2, 0) is 19.6 Å². The van der Waals surface area contributed by atoms with Crippen molar-refractivity contribution in [1.82, 2.24) is 20.3 Å². The van der Waals surface area contributed by atoms with Gasteiger partial charge in [0, 0.05) is 42.2 Å². The second-order valence-electron chi connectivity index (χ2n) is 4.61. The summed E-state index contributed by atoms with van der Waals surface area (Å²) < 4.78 is 1.77. The highest BCUT2D eigenvalue weighted by Crippen LogP contribution is 2.20. The van der Waals surface area contributed by atoms with Crippen LogP contribution in [0.3, 0.4) is 0 Å². The molecule has 0 aliphatic rings. The zero-order valence-electron chi connectivity index (χ0n) is 11.4. The van der Waals surface area contributed by atoms with Crippen LogP contribution < -0.4 is 5.32 Å². The maximum absolute atomic E-state index is 8.75. The maximum Gasteiger partial charge on any atom is 0.0964 e. The van der Waals surface area contributed by atoms with Crippen LogP contribution in [0.4, 0.5) is 0 Å². The molecule has 19 heavy (non-hydrogen) atoms. The fourth-order valence-corrected chi connectivity index (χ4v) is 2.84. The van der Waals surface area contributed by atoms with E-state index in [2.05, 4.69) is 35.5 Å². The molecule has 0 atom stereocenters. The van der Waals surface area contributed by atoms with Crippen molar-refractivity contribution in [2.24, 2.45) is 0 Å². The molecule has 2 aromatic rings. The Morgan fingerprint density at radius 2 is 2.21 bits per heavy atom. The molecule has 2 N–H and O–H groups in total. The molecule has 0 radical (unpaired) electrons. The highest BCUT2D eigenvalue weighted by Gasteiger charge is 2.03. The summed E-state index contributed by atoms with van der Waals surface area (Å²) in [6.07, 6.45) is 2.64. The zero-order chi connectivity index (χ0) is 13.7. The van der Waals surface area contributed by atoms with E-state index < -0.39 is 0 Å². The van der Waals surface area contributed by atoms with Gasteiger partial charge in [-0.25, -0.2) is 0 Å². The van der Waals surface area contributed by atoms with E-state index in [1.54, 1.807) is 4.68 Å². The number of nitrogens with zero attached hydrogens (tertiary/aromatic N) is 3. The number of aliphatic hydroxyl groups excluding tert-OH is 1. The van der Waals surface area contributed by atoms with Crippen molar-refractivity contribution in [1.29, 1.82) is 0 Å². The van der Waals surface area contributed by atoms with Crippen molar-refractivity contribution >= 4 is 11.3 Å². The van der Waals surface area contributed by atoms with Gasteiger partial charge in [0.15, 0.2) is 0 Å². The van der Waals surface area contributed by atoms with Crippen LogP contribution in [0, 0.1) is 13.8 Å². The molecule has 0 aromatic carbocycles. The van der Waals surface area contributed by atoms with Crippen LogP contribution in [0.2, 0.25) is 0 Å². The first-order valence-corrected chi connectivity index (χ1v) is 7.27. The molecule has 104 valence electrons. The molecule has 0 saturated heterocycles. The van der Waals surface area contributed by atoms with Crippen LogP contribution in [0.25, 0.3) is 0 Å². The number of rotatable bonds is 7. The lowest BCUT2D eigenvalue weighted by molar-refractivity contribution is 0.276. The monoisotopic (exact) mass is 280 g/mol. The number of nitrogens with one attached hydrogen (secondary N) is 1. The van der Waals surface area contributed by atoms with Crippen LogP contribution >= 0.6 is 11.3 Å². The van der Waals surface area contributed by atoms with Gasteiger partial charge in [0.2, 0.25) is 0 Å². The third-order valence-corrected chi connectivity index (χ3v) is 4.11. The number of hydrogen-bond donors (Lipinski definition) is 2. The van der Waals surface area contributed by atoms with Crippen LogP contribution in [-0.4, -0.2) is 26.7 Å². The first-order chi connectivity index (χ1) is 9.19. The van der Waals surface area contributed by atoms with Gasteiger partial charge in [0.05, 0.1) is 5.69 Å². The van der Waals surface area contributed by atoms with Crippen LogP contribution in [0.5, 0.6) is 0 Å². The zero-order valence-corrected chi connectivity index (χ0v) is 12.2. The Morgan fingerprint density at radius 1 is 1.37 bits per heavy atom. The third-order valence-electron chi connectivity index (χ3n) is 2.95. The Bertz CT molecular complexity index is 501. The predicted molar refractivity (Wildman–Crippen MR) is 76.1 cm³/mol. The van der Waals surface area contributed by atoms with Gasteiger partial charge in [-0.1, -0.05) is 5.21 Å². The van der Waals surface area contributed by atoms with Gasteiger partial charge in [-0.05, 0) is 31.9 Å². The van der Waals surface area contributed by atoms with Gasteiger partial charge < -0.3 is 10.4 Å². The lowest BCUT2D eigenvalue weighted by atomic mass is 10.3. The summed E-state index contributed by atoms with van der Waals surface area (Å²) in [7, 11) is 0. The molecule has 0 saturated carbocycles. The molecule has 6 heteroatoms. The molecule has 0 unspecified atom stereocenters. The van der Waals surface area contributed by atoms with Crippen LogP contribution in [0.15, 0.2) is 12.3 Å². The summed E-state index contributed by atoms with van der Waals surface area (Å²) in [4.78, 5) is 2.73. The largest absolute Gasteiger partial charge is 0.396 e. The minimum absolute atomic E-state index is 0.185. The molecular formula is C13H20N4OS. The van der Waals surface area contributed by atoms with E-state index in [9.17, 15) is 0 Å². The second kappa shape index (κ2) is 6.79. The Morgan fingerprint density at radius 3 is 2.89 bits per heavy atom. The molecule has 0 fully saturated rings. The van der Waals surface area contributed by atoms with Gasteiger partial charge in [-0.15, -0.1) is 16.4 Å². The van der Waals surface area contributed by atoms with E-state index in [0.717, 1.165) is 18.8 Å². The van der Waals surface area contributed by atoms with E-state index in [-0.39, 0.29) is 6.61 Å². The molecule has 0 bridgehead atoms. The van der Waals surface area contributed by atoms with E-state index in [1.165, 1.54) is 15.3 Å². The fourth-order valence-electron chi connectivity index (χ4n) is 1.81. The quantitative estimate of drug-likeness (QED) is 0.809. The topological polar surface area (TPSA) is 63.0 Å². The Kier molecular flexibility index (Phi) is 5.07. The van der Waals surface area contributed by atoms with Gasteiger partial charge in [0.1, 0.15) is 0 Å². The van der Waals surface area contributed by atoms with Gasteiger partial charge in [-0.2, -0.15) is 0 Å². The van der Waals surface area contributed by atoms with Crippen LogP contribution in [0.1, 0.15) is 27.4 Å². The van der Waals surface area contributed by atoms with Crippen molar-refractivity contribution in [3.8, 4) is 0 Å². The summed E-state index contributed by atoms with van der Waals surface area (Å²) >= 11 is 1.83. The van der Waals surface area contributed by atoms with E-state index in [0.29, 0.717) is 13.0 Å². The summed E-state index contributed by atoms with van der Waals surface area (Å²) in [5.74, 6) is 0. The molecular weight excluding hydrogens is 260 g/mol. The normalized spacial score (nSPS) is 11.1. The average Bonchev–Trinajstić information content (AvgIpc) is 2.95. The van der Waals surface area contributed by atoms with E-state index in [1.807, 2.05) is 17.5 Å². The Balaban J connectivity index is 1.77. The van der Waals surface area contributed by atoms with Crippen molar-refractivity contribution in [3.05, 3.63) is 33.3 Å². The molecule has 2 rings (SSSR count). The predicted octanol–water partition coefficient (Wildman–Crippen LogP) is 1.63. The van der Waals surface area contributed by atoms with E-state index in [4.69, 9.17) is 5.11 Å². The molecule has 0 amide bonds. The lowest BCUT2D eigenvalue weighted by Crippen LogP contribution is -2.12. The molecule has 5 nitrogen and oxygen atoms in total. The van der Waals surface area contributed by atoms with Gasteiger partial charge in [-0.3, -0.25) is 4.68 Å². The second-order valence-corrected chi connectivity index (χ2v) is 5.95. The summed E-state index contributed by atoms with van der Waals surface area (Å²) in [5, 5.41) is 20.2. The number of aromatic nitrogens is 3. The SMILES string of the molecule is Cc1cc(CNCc2cn(CCCO)nn2)sc1C. The summed E-state index contributed by atoms with van der Waals surface area (Å²) in [6, 6.07) is 2.23. The minimum Gasteiger partial charge on any atom is -0.396 e. The first kappa shape index (κ1) is 14.2. The van der Waals surface area contributed by atoms with Crippen molar-refractivity contribution in [2.45, 2.75) is 39.9 Å². The number of thiophene rings is 1. The Hall–Kier alpha value is -1.24. The Labute approximate surface area is 117 Å². The molecule has 0 spiro atoms. The highest BCUT2D eigenvalue weighted by atomic mass is 32.1. The molecule has 2 heterocycles. The number of aliphatic hydroxyl groups is 1. The maximum atomic E-state index is 8.75. The lowest BCUT2D eigenvalue weighted by Gasteiger charge is -1.99. The summed E-state index contributed by atoms with van der Waals surface area (Å²) in [5.41, 5.74) is 2.29. The van der Waals surface area contributed by atoms with Crippen molar-refractivity contribution < 1.29 is 5.11 Å². The van der Waals surface area contributed by atoms with Gasteiger partial charge in [0.25, 0.3) is 0 Å². The van der Waals surface area contributed by atoms with Gasteiger partial charge >= 0.3 is 0 Å². The van der Waals surface area contributed by atoms with Crippen molar-refractivity contribution in [2.75, 3.05) is 6.61 Å². The molecule has 0 aliphatic heterocycles. The highest BCUT2D eigenvalue weighted by molar-refractivity contribution is 7.12. The molecule has 0 aliphatic carbocycles. The smallest absolute Gasteiger partial charge is 0.0964 e. The minimum atomic E-state index is 0.185. The number of aryl methyl sites for hydroxylation is 3.